The number of nitrogens with one attached hydrogen (secondary N) is 1. The van der Waals surface area contributed by atoms with Crippen LogP contribution in [0, 0.1) is 0 Å². The highest BCUT2D eigenvalue weighted by Gasteiger charge is 2.09. The van der Waals surface area contributed by atoms with Gasteiger partial charge in [-0.1, -0.05) is 48.5 Å². The molecule has 29 heavy (non-hydrogen) atoms. The molecule has 0 aromatic heterocycles. The second kappa shape index (κ2) is 10.5. The maximum Gasteiger partial charge on any atom is 0.127 e. The van der Waals surface area contributed by atoms with Gasteiger partial charge in [0, 0.05) is 24.7 Å². The molecule has 0 aliphatic carbocycles. The molecule has 0 aliphatic rings. The van der Waals surface area contributed by atoms with Crippen molar-refractivity contribution in [1.29, 1.82) is 0 Å². The standard InChI is InChI=1S/C24H27NO4/c1-27-22-13-10-20(24(14-22)28-2)15-25-16-23(26)19-8-11-21(12-9-19)29-17-18-6-4-3-5-7-18/h3-14,23,25-26H,15-17H2,1-2H3. The molecular formula is C24H27NO4. The van der Waals surface area contributed by atoms with Gasteiger partial charge in [-0.2, -0.15) is 0 Å². The van der Waals surface area contributed by atoms with Crippen molar-refractivity contribution in [3.05, 3.63) is 89.5 Å². The Morgan fingerprint density at radius 2 is 1.59 bits per heavy atom. The van der Waals surface area contributed by atoms with Crippen LogP contribution in [0.2, 0.25) is 0 Å². The molecule has 0 radical (unpaired) electrons. The first-order valence-corrected chi connectivity index (χ1v) is 9.56. The summed E-state index contributed by atoms with van der Waals surface area (Å²) in [7, 11) is 3.26. The number of ether oxygens (including phenoxy) is 3. The predicted molar refractivity (Wildman–Crippen MR) is 113 cm³/mol. The summed E-state index contributed by atoms with van der Waals surface area (Å²) >= 11 is 0. The number of aliphatic hydroxyl groups is 1. The number of methoxy groups -OCH3 is 2. The third-order valence-corrected chi connectivity index (χ3v) is 4.66. The lowest BCUT2D eigenvalue weighted by atomic mass is 10.1. The Kier molecular flexibility index (Phi) is 7.50. The molecule has 3 aromatic carbocycles. The van der Waals surface area contributed by atoms with Crippen LogP contribution in [0.15, 0.2) is 72.8 Å². The van der Waals surface area contributed by atoms with E-state index in [-0.39, 0.29) is 0 Å². The Morgan fingerprint density at radius 3 is 2.28 bits per heavy atom. The molecule has 0 saturated carbocycles. The monoisotopic (exact) mass is 393 g/mol. The van der Waals surface area contributed by atoms with Crippen LogP contribution in [-0.4, -0.2) is 25.9 Å². The minimum atomic E-state index is -0.609. The van der Waals surface area contributed by atoms with Crippen LogP contribution in [0.1, 0.15) is 22.8 Å². The minimum absolute atomic E-state index is 0.430. The number of benzene rings is 3. The number of hydrogen-bond donors (Lipinski definition) is 2. The van der Waals surface area contributed by atoms with Crippen molar-refractivity contribution < 1.29 is 19.3 Å². The normalized spacial score (nSPS) is 11.7. The van der Waals surface area contributed by atoms with Gasteiger partial charge in [0.2, 0.25) is 0 Å². The molecule has 1 unspecified atom stereocenters. The first-order chi connectivity index (χ1) is 14.2. The van der Waals surface area contributed by atoms with Gasteiger partial charge in [0.15, 0.2) is 0 Å². The Hall–Kier alpha value is -3.02. The van der Waals surface area contributed by atoms with E-state index in [2.05, 4.69) is 5.32 Å². The van der Waals surface area contributed by atoms with E-state index < -0.39 is 6.10 Å². The second-order valence-electron chi connectivity index (χ2n) is 6.67. The first-order valence-electron chi connectivity index (χ1n) is 9.56. The largest absolute Gasteiger partial charge is 0.497 e. The van der Waals surface area contributed by atoms with E-state index in [0.29, 0.717) is 19.7 Å². The maximum absolute atomic E-state index is 10.5. The molecule has 152 valence electrons. The second-order valence-corrected chi connectivity index (χ2v) is 6.67. The molecule has 2 N–H and O–H groups in total. The van der Waals surface area contributed by atoms with E-state index in [0.717, 1.165) is 33.9 Å². The zero-order chi connectivity index (χ0) is 20.5. The van der Waals surface area contributed by atoms with Crippen LogP contribution in [0.5, 0.6) is 17.2 Å². The summed E-state index contributed by atoms with van der Waals surface area (Å²) in [5.41, 5.74) is 2.96. The van der Waals surface area contributed by atoms with Gasteiger partial charge < -0.3 is 24.6 Å². The van der Waals surface area contributed by atoms with Crippen molar-refractivity contribution >= 4 is 0 Å². The molecule has 0 fully saturated rings. The molecule has 0 aliphatic heterocycles. The van der Waals surface area contributed by atoms with Crippen molar-refractivity contribution in [3.63, 3.8) is 0 Å². The Balaban J connectivity index is 1.49. The number of aliphatic hydroxyl groups excluding tert-OH is 1. The maximum atomic E-state index is 10.5. The third kappa shape index (κ3) is 5.98. The smallest absolute Gasteiger partial charge is 0.127 e. The first kappa shape index (κ1) is 20.7. The molecule has 3 aromatic rings. The van der Waals surface area contributed by atoms with E-state index in [4.69, 9.17) is 14.2 Å². The molecule has 1 atom stereocenters. The Bertz CT molecular complexity index is 881. The van der Waals surface area contributed by atoms with Crippen molar-refractivity contribution in [2.45, 2.75) is 19.3 Å². The highest BCUT2D eigenvalue weighted by molar-refractivity contribution is 5.40. The van der Waals surface area contributed by atoms with Gasteiger partial charge >= 0.3 is 0 Å². The molecule has 0 spiro atoms. The molecule has 0 bridgehead atoms. The van der Waals surface area contributed by atoms with Gasteiger partial charge in [-0.25, -0.2) is 0 Å². The molecule has 0 amide bonds. The lowest BCUT2D eigenvalue weighted by molar-refractivity contribution is 0.174. The Labute approximate surface area is 171 Å². The highest BCUT2D eigenvalue weighted by atomic mass is 16.5. The molecule has 0 saturated heterocycles. The van der Waals surface area contributed by atoms with Crippen molar-refractivity contribution in [2.24, 2.45) is 0 Å². The van der Waals surface area contributed by atoms with Crippen molar-refractivity contribution in [3.8, 4) is 17.2 Å². The average molecular weight is 393 g/mol. The summed E-state index contributed by atoms with van der Waals surface area (Å²) in [6.07, 6.45) is -0.609. The topological polar surface area (TPSA) is 60.0 Å². The van der Waals surface area contributed by atoms with Gasteiger partial charge in [0.25, 0.3) is 0 Å². The summed E-state index contributed by atoms with van der Waals surface area (Å²) in [6, 6.07) is 23.3. The fourth-order valence-corrected chi connectivity index (χ4v) is 2.99. The lowest BCUT2D eigenvalue weighted by Gasteiger charge is -2.15. The molecular weight excluding hydrogens is 366 g/mol. The van der Waals surface area contributed by atoms with E-state index in [9.17, 15) is 5.11 Å². The summed E-state index contributed by atoms with van der Waals surface area (Å²) in [5, 5.41) is 13.7. The van der Waals surface area contributed by atoms with Crippen LogP contribution in [0.3, 0.4) is 0 Å². The highest BCUT2D eigenvalue weighted by Crippen LogP contribution is 2.24. The van der Waals surface area contributed by atoms with Gasteiger partial charge in [-0.15, -0.1) is 0 Å². The van der Waals surface area contributed by atoms with Crippen LogP contribution in [0.4, 0.5) is 0 Å². The van der Waals surface area contributed by atoms with Crippen LogP contribution in [-0.2, 0) is 13.2 Å². The predicted octanol–water partition coefficient (Wildman–Crippen LogP) is 4.11. The van der Waals surface area contributed by atoms with Crippen LogP contribution < -0.4 is 19.5 Å². The molecule has 3 rings (SSSR count). The van der Waals surface area contributed by atoms with E-state index in [1.807, 2.05) is 72.8 Å². The summed E-state index contributed by atoms with van der Waals surface area (Å²) in [5.74, 6) is 2.28. The van der Waals surface area contributed by atoms with E-state index in [1.165, 1.54) is 0 Å². The van der Waals surface area contributed by atoms with E-state index >= 15 is 0 Å². The summed E-state index contributed by atoms with van der Waals surface area (Å²) in [6.45, 7) is 1.54. The van der Waals surface area contributed by atoms with Crippen LogP contribution in [0.25, 0.3) is 0 Å². The van der Waals surface area contributed by atoms with Gasteiger partial charge in [-0.05, 0) is 29.3 Å². The summed E-state index contributed by atoms with van der Waals surface area (Å²) in [4.78, 5) is 0. The minimum Gasteiger partial charge on any atom is -0.497 e. The summed E-state index contributed by atoms with van der Waals surface area (Å²) < 4.78 is 16.4. The zero-order valence-corrected chi connectivity index (χ0v) is 16.8. The van der Waals surface area contributed by atoms with E-state index in [1.54, 1.807) is 14.2 Å². The SMILES string of the molecule is COc1ccc(CNCC(O)c2ccc(OCc3ccccc3)cc2)c(OC)c1. The molecule has 5 nitrogen and oxygen atoms in total. The zero-order valence-electron chi connectivity index (χ0n) is 16.8. The quantitative estimate of drug-likeness (QED) is 0.543. The van der Waals surface area contributed by atoms with Gasteiger partial charge in [-0.3, -0.25) is 0 Å². The average Bonchev–Trinajstić information content (AvgIpc) is 2.78. The van der Waals surface area contributed by atoms with Crippen LogP contribution >= 0.6 is 0 Å². The fourth-order valence-electron chi connectivity index (χ4n) is 2.99. The Morgan fingerprint density at radius 1 is 0.862 bits per heavy atom. The fraction of sp³-hybridized carbons (Fsp3) is 0.250. The van der Waals surface area contributed by atoms with Gasteiger partial charge in [0.1, 0.15) is 23.9 Å². The lowest BCUT2D eigenvalue weighted by Crippen LogP contribution is -2.21. The van der Waals surface area contributed by atoms with Crippen molar-refractivity contribution in [1.82, 2.24) is 5.32 Å². The van der Waals surface area contributed by atoms with Crippen molar-refractivity contribution in [2.75, 3.05) is 20.8 Å². The number of rotatable bonds is 10. The number of hydrogen-bond acceptors (Lipinski definition) is 5. The van der Waals surface area contributed by atoms with Gasteiger partial charge in [0.05, 0.1) is 20.3 Å². The molecule has 5 heteroatoms. The molecule has 0 heterocycles. The third-order valence-electron chi connectivity index (χ3n) is 4.66.